The van der Waals surface area contributed by atoms with Crippen molar-refractivity contribution in [3.05, 3.63) is 33.9 Å². The highest BCUT2D eigenvalue weighted by molar-refractivity contribution is 5.95. The summed E-state index contributed by atoms with van der Waals surface area (Å²) >= 11 is 0. The first-order valence-electron chi connectivity index (χ1n) is 6.80. The number of benzene rings is 1. The number of hydrogen-bond donors (Lipinski definition) is 2. The Morgan fingerprint density at radius 1 is 1.40 bits per heavy atom. The summed E-state index contributed by atoms with van der Waals surface area (Å²) in [7, 11) is 0. The van der Waals surface area contributed by atoms with Gasteiger partial charge in [-0.25, -0.2) is 0 Å². The molecular formula is C14H19N3O3. The van der Waals surface area contributed by atoms with Gasteiger partial charge in [-0.05, 0) is 31.4 Å². The minimum atomic E-state index is -0.483. The number of amides is 1. The molecule has 1 fully saturated rings. The standard InChI is InChI=1S/C14H19N3O3/c1-9-6-7-12(13(8-9)17(19)20)16-14(18)10-4-2-3-5-11(10)15/h6-8,10-11H,2-5,15H2,1H3,(H,16,18). The summed E-state index contributed by atoms with van der Waals surface area (Å²) in [4.78, 5) is 22.8. The fourth-order valence-corrected chi connectivity index (χ4v) is 2.61. The van der Waals surface area contributed by atoms with E-state index in [9.17, 15) is 14.9 Å². The van der Waals surface area contributed by atoms with Crippen LogP contribution >= 0.6 is 0 Å². The first-order chi connectivity index (χ1) is 9.49. The molecule has 108 valence electrons. The van der Waals surface area contributed by atoms with Gasteiger partial charge in [0.2, 0.25) is 5.91 Å². The topological polar surface area (TPSA) is 98.3 Å². The number of nitro groups is 1. The molecule has 0 spiro atoms. The fourth-order valence-electron chi connectivity index (χ4n) is 2.61. The van der Waals surface area contributed by atoms with Crippen LogP contribution in [0.3, 0.4) is 0 Å². The van der Waals surface area contributed by atoms with Gasteiger partial charge in [-0.1, -0.05) is 18.9 Å². The van der Waals surface area contributed by atoms with Gasteiger partial charge in [0.1, 0.15) is 5.69 Å². The molecule has 20 heavy (non-hydrogen) atoms. The van der Waals surface area contributed by atoms with Crippen LogP contribution in [0.2, 0.25) is 0 Å². The van der Waals surface area contributed by atoms with E-state index in [-0.39, 0.29) is 29.2 Å². The van der Waals surface area contributed by atoms with Crippen LogP contribution in [0.4, 0.5) is 11.4 Å². The molecule has 1 aliphatic rings. The van der Waals surface area contributed by atoms with Gasteiger partial charge in [0.05, 0.1) is 10.8 Å². The predicted molar refractivity (Wildman–Crippen MR) is 76.4 cm³/mol. The van der Waals surface area contributed by atoms with Crippen LogP contribution in [0, 0.1) is 23.0 Å². The van der Waals surface area contributed by atoms with Crippen molar-refractivity contribution in [3.8, 4) is 0 Å². The lowest BCUT2D eigenvalue weighted by Crippen LogP contribution is -2.40. The average molecular weight is 277 g/mol. The van der Waals surface area contributed by atoms with Crippen molar-refractivity contribution >= 4 is 17.3 Å². The Bertz CT molecular complexity index is 530. The van der Waals surface area contributed by atoms with Crippen LogP contribution in [-0.2, 0) is 4.79 Å². The van der Waals surface area contributed by atoms with E-state index in [2.05, 4.69) is 5.32 Å². The number of nitrogens with one attached hydrogen (secondary N) is 1. The average Bonchev–Trinajstić information content (AvgIpc) is 2.41. The molecule has 6 nitrogen and oxygen atoms in total. The van der Waals surface area contributed by atoms with Crippen molar-refractivity contribution in [2.45, 2.75) is 38.6 Å². The zero-order valence-electron chi connectivity index (χ0n) is 11.5. The van der Waals surface area contributed by atoms with E-state index < -0.39 is 4.92 Å². The predicted octanol–water partition coefficient (Wildman–Crippen LogP) is 2.36. The first-order valence-corrected chi connectivity index (χ1v) is 6.80. The van der Waals surface area contributed by atoms with Gasteiger partial charge in [0.15, 0.2) is 0 Å². The number of anilines is 1. The van der Waals surface area contributed by atoms with Gasteiger partial charge in [0, 0.05) is 12.1 Å². The van der Waals surface area contributed by atoms with Crippen molar-refractivity contribution < 1.29 is 9.72 Å². The Kier molecular flexibility index (Phi) is 4.34. The third-order valence-corrected chi connectivity index (χ3v) is 3.76. The van der Waals surface area contributed by atoms with E-state index in [1.54, 1.807) is 19.1 Å². The largest absolute Gasteiger partial charge is 0.327 e. The van der Waals surface area contributed by atoms with Crippen LogP contribution in [0.25, 0.3) is 0 Å². The third kappa shape index (κ3) is 3.14. The lowest BCUT2D eigenvalue weighted by atomic mass is 9.84. The quantitative estimate of drug-likeness (QED) is 0.654. The van der Waals surface area contributed by atoms with Crippen LogP contribution in [-0.4, -0.2) is 16.9 Å². The Hall–Kier alpha value is -1.95. The minimum Gasteiger partial charge on any atom is -0.327 e. The highest BCUT2D eigenvalue weighted by atomic mass is 16.6. The highest BCUT2D eigenvalue weighted by Crippen LogP contribution is 2.28. The highest BCUT2D eigenvalue weighted by Gasteiger charge is 2.29. The number of nitrogens with two attached hydrogens (primary N) is 1. The van der Waals surface area contributed by atoms with Crippen molar-refractivity contribution in [3.63, 3.8) is 0 Å². The Morgan fingerprint density at radius 3 is 2.75 bits per heavy atom. The molecule has 1 saturated carbocycles. The maximum Gasteiger partial charge on any atom is 0.293 e. The van der Waals surface area contributed by atoms with Crippen molar-refractivity contribution in [2.24, 2.45) is 11.7 Å². The normalized spacial score (nSPS) is 22.3. The molecule has 1 aromatic rings. The molecular weight excluding hydrogens is 258 g/mol. The SMILES string of the molecule is Cc1ccc(NC(=O)C2CCCCC2N)c([N+](=O)[O-])c1. The minimum absolute atomic E-state index is 0.0808. The molecule has 2 rings (SSSR count). The fraction of sp³-hybridized carbons (Fsp3) is 0.500. The smallest absolute Gasteiger partial charge is 0.293 e. The molecule has 0 bridgehead atoms. The molecule has 0 heterocycles. The lowest BCUT2D eigenvalue weighted by Gasteiger charge is -2.27. The maximum absolute atomic E-state index is 12.2. The molecule has 1 aliphatic carbocycles. The van der Waals surface area contributed by atoms with Gasteiger partial charge in [-0.2, -0.15) is 0 Å². The van der Waals surface area contributed by atoms with E-state index >= 15 is 0 Å². The van der Waals surface area contributed by atoms with Crippen molar-refractivity contribution in [2.75, 3.05) is 5.32 Å². The summed E-state index contributed by atoms with van der Waals surface area (Å²) in [5.74, 6) is -0.478. The van der Waals surface area contributed by atoms with Crippen molar-refractivity contribution in [1.82, 2.24) is 0 Å². The number of aryl methyl sites for hydroxylation is 1. The van der Waals surface area contributed by atoms with E-state index in [1.807, 2.05) is 0 Å². The molecule has 6 heteroatoms. The van der Waals surface area contributed by atoms with Gasteiger partial charge in [-0.15, -0.1) is 0 Å². The lowest BCUT2D eigenvalue weighted by molar-refractivity contribution is -0.384. The first kappa shape index (κ1) is 14.5. The third-order valence-electron chi connectivity index (χ3n) is 3.76. The number of nitrogens with zero attached hydrogens (tertiary/aromatic N) is 1. The van der Waals surface area contributed by atoms with Gasteiger partial charge in [0.25, 0.3) is 5.69 Å². The number of carbonyl (C=O) groups excluding carboxylic acids is 1. The zero-order valence-corrected chi connectivity index (χ0v) is 11.5. The molecule has 1 amide bonds. The number of hydrogen-bond acceptors (Lipinski definition) is 4. The van der Waals surface area contributed by atoms with E-state index in [0.717, 1.165) is 31.2 Å². The van der Waals surface area contributed by atoms with Crippen molar-refractivity contribution in [1.29, 1.82) is 0 Å². The van der Waals surface area contributed by atoms with Crippen LogP contribution in [0.1, 0.15) is 31.2 Å². The van der Waals surface area contributed by atoms with Gasteiger partial charge in [-0.3, -0.25) is 14.9 Å². The second kappa shape index (κ2) is 6.00. The second-order valence-corrected chi connectivity index (χ2v) is 5.32. The van der Waals surface area contributed by atoms with E-state index in [4.69, 9.17) is 5.73 Å². The number of carbonyl (C=O) groups is 1. The number of rotatable bonds is 3. The second-order valence-electron chi connectivity index (χ2n) is 5.32. The maximum atomic E-state index is 12.2. The molecule has 0 saturated heterocycles. The summed E-state index contributed by atoms with van der Waals surface area (Å²) in [6.07, 6.45) is 3.58. The van der Waals surface area contributed by atoms with Gasteiger partial charge >= 0.3 is 0 Å². The zero-order chi connectivity index (χ0) is 14.7. The van der Waals surface area contributed by atoms with E-state index in [0.29, 0.717) is 0 Å². The monoisotopic (exact) mass is 277 g/mol. The van der Waals surface area contributed by atoms with Gasteiger partial charge < -0.3 is 11.1 Å². The summed E-state index contributed by atoms with van der Waals surface area (Å²) in [6.45, 7) is 1.77. The summed E-state index contributed by atoms with van der Waals surface area (Å²) < 4.78 is 0. The summed E-state index contributed by atoms with van der Waals surface area (Å²) in [6, 6.07) is 4.60. The molecule has 2 unspecified atom stereocenters. The molecule has 0 aromatic heterocycles. The van der Waals surface area contributed by atoms with Crippen LogP contribution < -0.4 is 11.1 Å². The molecule has 1 aromatic carbocycles. The summed E-state index contributed by atoms with van der Waals surface area (Å²) in [5.41, 5.74) is 6.90. The number of nitro benzene ring substituents is 1. The van der Waals surface area contributed by atoms with Crippen LogP contribution in [0.5, 0.6) is 0 Å². The molecule has 0 aliphatic heterocycles. The Labute approximate surface area is 117 Å². The van der Waals surface area contributed by atoms with Crippen LogP contribution in [0.15, 0.2) is 18.2 Å². The molecule has 3 N–H and O–H groups in total. The summed E-state index contributed by atoms with van der Waals surface area (Å²) in [5, 5.41) is 13.7. The molecule has 0 radical (unpaired) electrons. The molecule has 2 atom stereocenters. The van der Waals surface area contributed by atoms with E-state index in [1.165, 1.54) is 6.07 Å². The Morgan fingerprint density at radius 2 is 2.10 bits per heavy atom. The Balaban J connectivity index is 2.17.